The molecule has 3 rings (SSSR count). The van der Waals surface area contributed by atoms with Crippen LogP contribution in [0.4, 0.5) is 14.9 Å². The third-order valence-corrected chi connectivity index (χ3v) is 6.91. The Hall–Kier alpha value is -3.58. The Morgan fingerprint density at radius 2 is 1.88 bits per heavy atom. The number of amides is 1. The van der Waals surface area contributed by atoms with E-state index in [0.29, 0.717) is 0 Å². The van der Waals surface area contributed by atoms with Gasteiger partial charge in [0.25, 0.3) is 0 Å². The molecule has 8 nitrogen and oxygen atoms in total. The third kappa shape index (κ3) is 5.66. The molecule has 0 radical (unpaired) electrons. The van der Waals surface area contributed by atoms with Crippen molar-refractivity contribution in [1.29, 1.82) is 0 Å². The summed E-state index contributed by atoms with van der Waals surface area (Å²) in [6, 6.07) is 11.6. The highest BCUT2D eigenvalue weighted by atomic mass is 32.2. The van der Waals surface area contributed by atoms with Crippen LogP contribution in [-0.2, 0) is 20.3 Å². The van der Waals surface area contributed by atoms with Gasteiger partial charge in [-0.05, 0) is 52.0 Å². The summed E-state index contributed by atoms with van der Waals surface area (Å²) in [5, 5.41) is 2.35. The van der Waals surface area contributed by atoms with E-state index in [2.05, 4.69) is 22.2 Å². The second-order valence-corrected chi connectivity index (χ2v) is 11.1. The monoisotopic (exact) mass is 486 g/mol. The van der Waals surface area contributed by atoms with E-state index in [9.17, 15) is 13.2 Å². The smallest absolute Gasteiger partial charge is 0.414 e. The van der Waals surface area contributed by atoms with Gasteiger partial charge in [-0.1, -0.05) is 30.0 Å². The van der Waals surface area contributed by atoms with Crippen LogP contribution in [0, 0.1) is 17.7 Å². The number of rotatable bonds is 1. The lowest BCUT2D eigenvalue weighted by Crippen LogP contribution is -2.54. The number of benzene rings is 2. The van der Waals surface area contributed by atoms with Gasteiger partial charge in [0.05, 0.1) is 11.3 Å². The summed E-state index contributed by atoms with van der Waals surface area (Å²) in [5.41, 5.74) is 4.91. The molecule has 1 amide bonds. The predicted molar refractivity (Wildman–Crippen MR) is 129 cm³/mol. The third-order valence-electron chi connectivity index (χ3n) is 4.98. The highest BCUT2D eigenvalue weighted by Gasteiger charge is 2.43. The van der Waals surface area contributed by atoms with Gasteiger partial charge in [-0.2, -0.15) is 0 Å². The molecule has 10 heteroatoms. The second kappa shape index (κ2) is 8.99. The summed E-state index contributed by atoms with van der Waals surface area (Å²) >= 11 is 0. The number of halogens is 1. The van der Waals surface area contributed by atoms with E-state index in [1.165, 1.54) is 20.0 Å². The Morgan fingerprint density at radius 1 is 1.24 bits per heavy atom. The molecule has 180 valence electrons. The van der Waals surface area contributed by atoms with Crippen molar-refractivity contribution in [3.05, 3.63) is 65.0 Å². The van der Waals surface area contributed by atoms with Crippen molar-refractivity contribution in [1.82, 2.24) is 9.62 Å². The summed E-state index contributed by atoms with van der Waals surface area (Å²) in [7, 11) is -2.70. The van der Waals surface area contributed by atoms with Crippen molar-refractivity contribution in [2.24, 2.45) is 4.99 Å². The standard InChI is InChI=1S/C24H27FN4O4S/c1-23(2,3)33-22(30)27-21-28-24(4,15-34(31,32)29(21)5)18-14-20(26)17(13-19(18)25)12-11-16-9-7-6-8-10-16/h6-10,13-14H,15,26H2,1-5H3,(H,27,28,30)/t24-/m0/s1. The van der Waals surface area contributed by atoms with Crippen molar-refractivity contribution < 1.29 is 22.3 Å². The van der Waals surface area contributed by atoms with Crippen LogP contribution in [0.5, 0.6) is 0 Å². The molecule has 1 aliphatic heterocycles. The van der Waals surface area contributed by atoms with Crippen molar-refractivity contribution in [3.63, 3.8) is 0 Å². The maximum atomic E-state index is 15.2. The largest absolute Gasteiger partial charge is 0.444 e. The van der Waals surface area contributed by atoms with E-state index in [1.807, 2.05) is 30.3 Å². The van der Waals surface area contributed by atoms with Crippen molar-refractivity contribution in [2.75, 3.05) is 18.5 Å². The molecule has 0 aromatic heterocycles. The molecule has 0 bridgehead atoms. The van der Waals surface area contributed by atoms with Crippen molar-refractivity contribution in [3.8, 4) is 11.8 Å². The van der Waals surface area contributed by atoms with Crippen LogP contribution < -0.4 is 11.1 Å². The number of hydrogen-bond acceptors (Lipinski definition) is 6. The maximum absolute atomic E-state index is 15.2. The highest BCUT2D eigenvalue weighted by Crippen LogP contribution is 2.35. The first kappa shape index (κ1) is 25.1. The SMILES string of the molecule is CN1C(NC(=O)OC(C)(C)C)=N[C@](C)(c2cc(N)c(C#Cc3ccccc3)cc2F)CS1(=O)=O. The predicted octanol–water partition coefficient (Wildman–Crippen LogP) is 3.18. The molecule has 2 aromatic rings. The minimum absolute atomic E-state index is 0.0320. The van der Waals surface area contributed by atoms with Crippen LogP contribution in [0.15, 0.2) is 47.5 Å². The van der Waals surface area contributed by atoms with Crippen LogP contribution in [-0.4, -0.2) is 43.2 Å². The number of sulfonamides is 1. The average Bonchev–Trinajstić information content (AvgIpc) is 2.71. The van der Waals surface area contributed by atoms with E-state index in [4.69, 9.17) is 10.5 Å². The Kier molecular flexibility index (Phi) is 6.62. The van der Waals surface area contributed by atoms with Gasteiger partial charge >= 0.3 is 6.09 Å². The molecule has 2 aromatic carbocycles. The molecular formula is C24H27FN4O4S. The molecule has 0 unspecified atom stereocenters. The van der Waals surface area contributed by atoms with Crippen LogP contribution in [0.1, 0.15) is 44.4 Å². The van der Waals surface area contributed by atoms with E-state index in [0.717, 1.165) is 15.9 Å². The van der Waals surface area contributed by atoms with Crippen LogP contribution in [0.3, 0.4) is 0 Å². The number of aliphatic imine (C=N–C) groups is 1. The van der Waals surface area contributed by atoms with Crippen LogP contribution in [0.25, 0.3) is 0 Å². The summed E-state index contributed by atoms with van der Waals surface area (Å²) in [4.78, 5) is 16.6. The normalized spacial score (nSPS) is 19.5. The first-order chi connectivity index (χ1) is 15.7. The number of ether oxygens (including phenoxy) is 1. The number of nitrogen functional groups attached to an aromatic ring is 1. The van der Waals surface area contributed by atoms with E-state index in [-0.39, 0.29) is 22.8 Å². The molecule has 34 heavy (non-hydrogen) atoms. The van der Waals surface area contributed by atoms with Gasteiger partial charge in [-0.15, -0.1) is 0 Å². The zero-order chi connectivity index (χ0) is 25.3. The molecule has 0 aliphatic carbocycles. The van der Waals surface area contributed by atoms with Crippen LogP contribution >= 0.6 is 0 Å². The molecule has 1 heterocycles. The Morgan fingerprint density at radius 3 is 2.50 bits per heavy atom. The van der Waals surface area contributed by atoms with Crippen LogP contribution in [0.2, 0.25) is 0 Å². The first-order valence-electron chi connectivity index (χ1n) is 10.4. The number of nitrogens with zero attached hydrogens (tertiary/aromatic N) is 2. The zero-order valence-corrected chi connectivity index (χ0v) is 20.5. The number of guanidine groups is 1. The van der Waals surface area contributed by atoms with Crippen molar-refractivity contribution >= 4 is 27.8 Å². The van der Waals surface area contributed by atoms with E-state index in [1.54, 1.807) is 20.8 Å². The zero-order valence-electron chi connectivity index (χ0n) is 19.6. The number of carbonyl (C=O) groups is 1. The summed E-state index contributed by atoms with van der Waals surface area (Å²) in [6.07, 6.45) is -0.885. The lowest BCUT2D eigenvalue weighted by molar-refractivity contribution is 0.0559. The fraction of sp³-hybridized carbons (Fsp3) is 0.333. The van der Waals surface area contributed by atoms with Gasteiger partial charge < -0.3 is 10.5 Å². The summed E-state index contributed by atoms with van der Waals surface area (Å²) < 4.78 is 47.0. The Bertz CT molecular complexity index is 1310. The van der Waals surface area contributed by atoms with E-state index < -0.39 is 38.8 Å². The number of nitrogens with one attached hydrogen (secondary N) is 1. The molecule has 3 N–H and O–H groups in total. The number of anilines is 1. The Balaban J connectivity index is 2.01. The van der Waals surface area contributed by atoms with E-state index >= 15 is 4.39 Å². The van der Waals surface area contributed by atoms with Gasteiger partial charge in [-0.25, -0.2) is 26.9 Å². The number of carbonyl (C=O) groups excluding carboxylic acids is 1. The Labute approximate surface area is 199 Å². The highest BCUT2D eigenvalue weighted by molar-refractivity contribution is 7.89. The fourth-order valence-electron chi connectivity index (χ4n) is 3.33. The second-order valence-electron chi connectivity index (χ2n) is 9.10. The molecule has 0 spiro atoms. The van der Waals surface area contributed by atoms with Gasteiger partial charge in [0.15, 0.2) is 0 Å². The summed E-state index contributed by atoms with van der Waals surface area (Å²) in [6.45, 7) is 6.46. The molecule has 0 saturated heterocycles. The topological polar surface area (TPSA) is 114 Å². The fourth-order valence-corrected chi connectivity index (χ4v) is 4.81. The maximum Gasteiger partial charge on any atom is 0.414 e. The number of nitrogens with two attached hydrogens (primary N) is 1. The average molecular weight is 487 g/mol. The summed E-state index contributed by atoms with van der Waals surface area (Å²) in [5.74, 6) is 4.23. The minimum Gasteiger partial charge on any atom is -0.444 e. The minimum atomic E-state index is -3.94. The number of alkyl carbamates (subject to hydrolysis) is 1. The first-order valence-corrected chi connectivity index (χ1v) is 12.0. The number of hydrogen-bond donors (Lipinski definition) is 2. The molecule has 0 fully saturated rings. The molecule has 1 aliphatic rings. The van der Waals surface area contributed by atoms with Crippen molar-refractivity contribution in [2.45, 2.75) is 38.8 Å². The quantitative estimate of drug-likeness (QED) is 0.475. The lowest BCUT2D eigenvalue weighted by atomic mass is 9.92. The van der Waals surface area contributed by atoms with Gasteiger partial charge in [-0.3, -0.25) is 5.32 Å². The van der Waals surface area contributed by atoms with Gasteiger partial charge in [0, 0.05) is 23.9 Å². The molecule has 1 atom stereocenters. The molecular weight excluding hydrogens is 459 g/mol. The van der Waals surface area contributed by atoms with Gasteiger partial charge in [0.2, 0.25) is 16.0 Å². The van der Waals surface area contributed by atoms with Gasteiger partial charge in [0.1, 0.15) is 17.0 Å². The molecule has 0 saturated carbocycles. The lowest BCUT2D eigenvalue weighted by Gasteiger charge is -2.36.